The molecule has 0 aromatic rings. The summed E-state index contributed by atoms with van der Waals surface area (Å²) in [6, 6.07) is 0. The molecule has 0 spiro atoms. The monoisotopic (exact) mass is 253 g/mol. The van der Waals surface area contributed by atoms with E-state index in [1.54, 1.807) is 0 Å². The smallest absolute Gasteiger partial charge is 0.129 e. The topological polar surface area (TPSA) is 32.5 Å². The minimum atomic E-state index is -1.18. The van der Waals surface area contributed by atoms with Gasteiger partial charge < -0.3 is 10.6 Å². The van der Waals surface area contributed by atoms with Crippen molar-refractivity contribution in [3.05, 3.63) is 0 Å². The fourth-order valence-corrected chi connectivity index (χ4v) is 2.51. The van der Waals surface area contributed by atoms with Crippen LogP contribution in [-0.2, 0) is 0 Å². The molecule has 2 N–H and O–H groups in total. The lowest BCUT2D eigenvalue weighted by Crippen LogP contribution is -2.46. The van der Waals surface area contributed by atoms with E-state index in [9.17, 15) is 0 Å². The Morgan fingerprint density at radius 1 is 1.06 bits per heavy atom. The third-order valence-corrected chi connectivity index (χ3v) is 3.84. The average Bonchev–Trinajstić information content (AvgIpc) is 2.26. The Kier molecular flexibility index (Phi) is 6.21. The summed E-state index contributed by atoms with van der Waals surface area (Å²) < 4.78 is 0. The van der Waals surface area contributed by atoms with Crippen molar-refractivity contribution in [2.45, 2.75) is 26.1 Å². The zero-order valence-corrected chi connectivity index (χ0v) is 12.6. The van der Waals surface area contributed by atoms with E-state index < -0.39 is 8.07 Å². The van der Waals surface area contributed by atoms with E-state index in [1.165, 1.54) is 13.1 Å². The quantitative estimate of drug-likeness (QED) is 0.595. The predicted molar refractivity (Wildman–Crippen MR) is 77.7 cm³/mol. The van der Waals surface area contributed by atoms with Crippen LogP contribution in [0.2, 0.25) is 19.6 Å². The van der Waals surface area contributed by atoms with Gasteiger partial charge in [-0.2, -0.15) is 0 Å². The van der Waals surface area contributed by atoms with Gasteiger partial charge in [-0.3, -0.25) is 4.90 Å². The standard InChI is InChI=1S/C13H27N3Si/c1-17(2,3)13-5-8-16-11-9-15(10-12-16)7-4-6-14/h4,6-12,14H2,1-3H3. The van der Waals surface area contributed by atoms with Crippen LogP contribution in [0.3, 0.4) is 0 Å². The fourth-order valence-electron chi connectivity index (χ4n) is 1.90. The number of nitrogens with zero attached hydrogens (tertiary/aromatic N) is 2. The van der Waals surface area contributed by atoms with E-state index in [4.69, 9.17) is 5.73 Å². The normalized spacial score (nSPS) is 18.8. The average molecular weight is 253 g/mol. The number of hydrogen-bond donors (Lipinski definition) is 1. The Balaban J connectivity index is 2.20. The summed E-state index contributed by atoms with van der Waals surface area (Å²) >= 11 is 0. The van der Waals surface area contributed by atoms with Crippen LogP contribution in [-0.4, -0.2) is 63.7 Å². The molecule has 0 unspecified atom stereocenters. The summed E-state index contributed by atoms with van der Waals surface area (Å²) in [6.45, 7) is 14.5. The lowest BCUT2D eigenvalue weighted by molar-refractivity contribution is 0.143. The molecule has 3 nitrogen and oxygen atoms in total. The molecule has 1 aliphatic heterocycles. The predicted octanol–water partition coefficient (Wildman–Crippen LogP) is 0.834. The zero-order chi connectivity index (χ0) is 12.7. The van der Waals surface area contributed by atoms with Crippen molar-refractivity contribution in [2.75, 3.05) is 45.8 Å². The van der Waals surface area contributed by atoms with Crippen LogP contribution >= 0.6 is 0 Å². The zero-order valence-electron chi connectivity index (χ0n) is 11.6. The van der Waals surface area contributed by atoms with E-state index in [0.717, 1.165) is 39.1 Å². The Bertz CT molecular complexity index is 267. The molecule has 0 saturated carbocycles. The minimum absolute atomic E-state index is 0.807. The summed E-state index contributed by atoms with van der Waals surface area (Å²) in [7, 11) is -1.18. The van der Waals surface area contributed by atoms with Gasteiger partial charge >= 0.3 is 0 Å². The Morgan fingerprint density at radius 3 is 2.18 bits per heavy atom. The first-order valence-corrected chi connectivity index (χ1v) is 10.2. The minimum Gasteiger partial charge on any atom is -0.330 e. The van der Waals surface area contributed by atoms with E-state index in [-0.39, 0.29) is 0 Å². The lowest BCUT2D eigenvalue weighted by atomic mass is 10.3. The summed E-state index contributed by atoms with van der Waals surface area (Å²) in [5, 5.41) is 0. The lowest BCUT2D eigenvalue weighted by Gasteiger charge is -2.33. The van der Waals surface area contributed by atoms with Crippen molar-refractivity contribution in [1.29, 1.82) is 0 Å². The molecule has 4 heteroatoms. The van der Waals surface area contributed by atoms with Gasteiger partial charge in [0.25, 0.3) is 0 Å². The third kappa shape index (κ3) is 6.84. The van der Waals surface area contributed by atoms with Gasteiger partial charge in [0, 0.05) is 26.2 Å². The van der Waals surface area contributed by atoms with E-state index >= 15 is 0 Å². The highest BCUT2D eigenvalue weighted by Gasteiger charge is 2.15. The molecule has 1 rings (SSSR count). The second-order valence-electron chi connectivity index (χ2n) is 5.81. The molecule has 0 radical (unpaired) electrons. The van der Waals surface area contributed by atoms with Gasteiger partial charge in [-0.05, 0) is 19.5 Å². The number of hydrogen-bond acceptors (Lipinski definition) is 3. The number of piperazine rings is 1. The van der Waals surface area contributed by atoms with Crippen molar-refractivity contribution in [1.82, 2.24) is 9.80 Å². The van der Waals surface area contributed by atoms with Gasteiger partial charge in [0.1, 0.15) is 8.07 Å². The van der Waals surface area contributed by atoms with Gasteiger partial charge in [-0.15, -0.1) is 5.54 Å². The first-order chi connectivity index (χ1) is 8.01. The van der Waals surface area contributed by atoms with Gasteiger partial charge in [-0.1, -0.05) is 25.6 Å². The number of nitrogens with two attached hydrogens (primary N) is 1. The van der Waals surface area contributed by atoms with Crippen molar-refractivity contribution in [2.24, 2.45) is 5.73 Å². The summed E-state index contributed by atoms with van der Waals surface area (Å²) in [5.74, 6) is 3.35. The SMILES string of the molecule is C[Si](C)(C)C#CCN1CCN(CCCN)CC1. The van der Waals surface area contributed by atoms with Crippen LogP contribution in [0.4, 0.5) is 0 Å². The maximum absolute atomic E-state index is 5.53. The third-order valence-electron chi connectivity index (χ3n) is 2.91. The van der Waals surface area contributed by atoms with E-state index in [1.807, 2.05) is 0 Å². The largest absolute Gasteiger partial charge is 0.330 e. The Hall–Kier alpha value is -0.343. The van der Waals surface area contributed by atoms with Crippen molar-refractivity contribution in [3.8, 4) is 11.5 Å². The molecule has 0 bridgehead atoms. The second kappa shape index (κ2) is 7.17. The van der Waals surface area contributed by atoms with Crippen LogP contribution in [0.1, 0.15) is 6.42 Å². The first kappa shape index (κ1) is 14.7. The molecule has 17 heavy (non-hydrogen) atoms. The molecule has 98 valence electrons. The highest BCUT2D eigenvalue weighted by Crippen LogP contribution is 2.02. The molecular weight excluding hydrogens is 226 g/mol. The molecule has 0 aliphatic carbocycles. The molecule has 1 aliphatic rings. The van der Waals surface area contributed by atoms with Crippen LogP contribution in [0.15, 0.2) is 0 Å². The molecule has 0 aromatic carbocycles. The summed E-state index contributed by atoms with van der Waals surface area (Å²) in [6.07, 6.45) is 1.12. The maximum atomic E-state index is 5.53. The van der Waals surface area contributed by atoms with Gasteiger partial charge in [0.15, 0.2) is 0 Å². The number of rotatable bonds is 4. The molecule has 1 saturated heterocycles. The molecule has 0 amide bonds. The van der Waals surface area contributed by atoms with Gasteiger partial charge in [-0.25, -0.2) is 0 Å². The molecular formula is C13H27N3Si. The molecule has 0 atom stereocenters. The summed E-state index contributed by atoms with van der Waals surface area (Å²) in [4.78, 5) is 4.97. The first-order valence-electron chi connectivity index (χ1n) is 6.66. The van der Waals surface area contributed by atoms with Crippen LogP contribution in [0, 0.1) is 11.5 Å². The van der Waals surface area contributed by atoms with Crippen molar-refractivity contribution in [3.63, 3.8) is 0 Å². The highest BCUT2D eigenvalue weighted by atomic mass is 28.3. The van der Waals surface area contributed by atoms with Crippen molar-refractivity contribution < 1.29 is 0 Å². The highest BCUT2D eigenvalue weighted by molar-refractivity contribution is 6.83. The molecule has 0 aromatic heterocycles. The van der Waals surface area contributed by atoms with Crippen molar-refractivity contribution >= 4 is 8.07 Å². The van der Waals surface area contributed by atoms with Crippen LogP contribution < -0.4 is 5.73 Å². The van der Waals surface area contributed by atoms with Crippen LogP contribution in [0.5, 0.6) is 0 Å². The van der Waals surface area contributed by atoms with E-state index in [0.29, 0.717) is 0 Å². The molecule has 1 heterocycles. The van der Waals surface area contributed by atoms with Crippen LogP contribution in [0.25, 0.3) is 0 Å². The fraction of sp³-hybridized carbons (Fsp3) is 0.846. The second-order valence-corrected chi connectivity index (χ2v) is 10.6. The summed E-state index contributed by atoms with van der Waals surface area (Å²) in [5.41, 5.74) is 8.96. The van der Waals surface area contributed by atoms with Gasteiger partial charge in [0.05, 0.1) is 6.54 Å². The molecule has 1 fully saturated rings. The van der Waals surface area contributed by atoms with Gasteiger partial charge in [0.2, 0.25) is 0 Å². The maximum Gasteiger partial charge on any atom is 0.129 e. The Labute approximate surface area is 107 Å². The Morgan fingerprint density at radius 2 is 1.65 bits per heavy atom. The van der Waals surface area contributed by atoms with E-state index in [2.05, 4.69) is 40.9 Å².